The van der Waals surface area contributed by atoms with Crippen molar-refractivity contribution in [1.29, 1.82) is 0 Å². The van der Waals surface area contributed by atoms with E-state index >= 15 is 0 Å². The summed E-state index contributed by atoms with van der Waals surface area (Å²) in [6.07, 6.45) is 1.02. The molecule has 1 N–H and O–H groups in total. The van der Waals surface area contributed by atoms with Gasteiger partial charge in [-0.05, 0) is 86.3 Å². The fraction of sp³-hybridized carbons (Fsp3) is 0.237. The predicted octanol–water partition coefficient (Wildman–Crippen LogP) is 8.37. The normalized spacial score (nSPS) is 13.5. The summed E-state index contributed by atoms with van der Waals surface area (Å²) in [6, 6.07) is 34.5. The highest BCUT2D eigenvalue weighted by atomic mass is 16.6. The van der Waals surface area contributed by atoms with Gasteiger partial charge in [0.2, 0.25) is 11.8 Å². The van der Waals surface area contributed by atoms with Crippen molar-refractivity contribution in [2.24, 2.45) is 0 Å². The number of benzene rings is 4. The summed E-state index contributed by atoms with van der Waals surface area (Å²) in [7, 11) is 0. The summed E-state index contributed by atoms with van der Waals surface area (Å²) in [4.78, 5) is 29.3. The van der Waals surface area contributed by atoms with Gasteiger partial charge in [0, 0.05) is 55.9 Å². The third-order valence-corrected chi connectivity index (χ3v) is 8.43. The van der Waals surface area contributed by atoms with Gasteiger partial charge in [-0.2, -0.15) is 4.98 Å². The number of nitrogens with zero attached hydrogens (tertiary/aromatic N) is 5. The summed E-state index contributed by atoms with van der Waals surface area (Å²) < 4.78 is 5.90. The molecule has 2 heterocycles. The second kappa shape index (κ2) is 13.8. The summed E-state index contributed by atoms with van der Waals surface area (Å²) in [5.74, 6) is 0.494. The van der Waals surface area contributed by atoms with Crippen LogP contribution in [0.5, 0.6) is 5.88 Å². The van der Waals surface area contributed by atoms with Crippen LogP contribution < -0.4 is 19.9 Å². The fourth-order valence-electron chi connectivity index (χ4n) is 5.89. The van der Waals surface area contributed by atoms with Gasteiger partial charge in [-0.3, -0.25) is 4.90 Å². The molecule has 4 aromatic carbocycles. The molecule has 0 radical (unpaired) electrons. The Hall–Kier alpha value is -5.21. The number of aromatic nitrogens is 2. The topological polar surface area (TPSA) is 73.8 Å². The van der Waals surface area contributed by atoms with Crippen LogP contribution in [0.1, 0.15) is 25.0 Å². The first kappa shape index (κ1) is 30.8. The molecule has 1 aromatic heterocycles. The maximum Gasteiger partial charge on any atom is 0.425 e. The molecule has 1 saturated heterocycles. The second-order valence-electron chi connectivity index (χ2n) is 11.9. The highest BCUT2D eigenvalue weighted by Gasteiger charge is 2.25. The standard InChI is InChI=1S/C38H40N6O2/c1-27(2)42-23-25-43(26-24-42)33-19-15-32(16-20-33)40-37-39-22-21-35(41-37)46-38(45)44(36-28(3)9-8-10-29(36)4)34-17-13-31(14-18-34)30-11-6-5-7-12-30/h5-22,27H,23-26H2,1-4H3,(H,39,40,41). The van der Waals surface area contributed by atoms with E-state index < -0.39 is 6.09 Å². The van der Waals surface area contributed by atoms with Crippen LogP contribution in [0.4, 0.5) is 33.5 Å². The molecule has 6 rings (SSSR count). The molecular weight excluding hydrogens is 572 g/mol. The molecule has 0 aliphatic carbocycles. The highest BCUT2D eigenvalue weighted by Crippen LogP contribution is 2.34. The Kier molecular flexibility index (Phi) is 9.26. The van der Waals surface area contributed by atoms with Gasteiger partial charge in [0.25, 0.3) is 0 Å². The number of anilines is 5. The van der Waals surface area contributed by atoms with Crippen molar-refractivity contribution in [2.45, 2.75) is 33.7 Å². The van der Waals surface area contributed by atoms with E-state index in [9.17, 15) is 4.79 Å². The molecule has 5 aromatic rings. The van der Waals surface area contributed by atoms with Crippen LogP contribution in [0, 0.1) is 13.8 Å². The van der Waals surface area contributed by atoms with Gasteiger partial charge in [-0.1, -0.05) is 60.7 Å². The molecule has 0 saturated carbocycles. The Bertz CT molecular complexity index is 1750. The summed E-state index contributed by atoms with van der Waals surface area (Å²) in [6.45, 7) is 12.6. The Morgan fingerprint density at radius 3 is 2.09 bits per heavy atom. The first-order chi connectivity index (χ1) is 22.4. The average Bonchev–Trinajstić information content (AvgIpc) is 3.07. The highest BCUT2D eigenvalue weighted by molar-refractivity contribution is 5.99. The van der Waals surface area contributed by atoms with E-state index in [1.165, 1.54) is 5.69 Å². The number of hydrogen-bond donors (Lipinski definition) is 1. The quantitative estimate of drug-likeness (QED) is 0.189. The molecule has 1 aliphatic heterocycles. The van der Waals surface area contributed by atoms with Gasteiger partial charge in [0.15, 0.2) is 0 Å². The average molecular weight is 613 g/mol. The van der Waals surface area contributed by atoms with Gasteiger partial charge < -0.3 is 15.0 Å². The van der Waals surface area contributed by atoms with Crippen molar-refractivity contribution in [3.8, 4) is 17.0 Å². The minimum atomic E-state index is -0.559. The lowest BCUT2D eigenvalue weighted by atomic mass is 10.0. The van der Waals surface area contributed by atoms with Crippen LogP contribution in [-0.2, 0) is 0 Å². The molecule has 0 spiro atoms. The minimum absolute atomic E-state index is 0.152. The fourth-order valence-corrected chi connectivity index (χ4v) is 5.89. The zero-order valence-corrected chi connectivity index (χ0v) is 26.9. The van der Waals surface area contributed by atoms with Crippen LogP contribution >= 0.6 is 0 Å². The Balaban J connectivity index is 1.18. The molecule has 234 valence electrons. The van der Waals surface area contributed by atoms with Crippen molar-refractivity contribution < 1.29 is 9.53 Å². The van der Waals surface area contributed by atoms with Crippen LogP contribution in [0.2, 0.25) is 0 Å². The van der Waals surface area contributed by atoms with E-state index in [1.54, 1.807) is 17.2 Å². The van der Waals surface area contributed by atoms with Gasteiger partial charge >= 0.3 is 6.09 Å². The number of ether oxygens (including phenoxy) is 1. The Labute approximate surface area is 271 Å². The molecule has 0 bridgehead atoms. The SMILES string of the molecule is Cc1cccc(C)c1N(C(=O)Oc1ccnc(Nc2ccc(N3CCN(C(C)C)CC3)cc2)n1)c1ccc(-c2ccccc2)cc1. The molecule has 1 fully saturated rings. The van der Waals surface area contributed by atoms with Crippen molar-refractivity contribution >= 4 is 34.8 Å². The first-order valence-electron chi connectivity index (χ1n) is 15.8. The van der Waals surface area contributed by atoms with Crippen molar-refractivity contribution in [1.82, 2.24) is 14.9 Å². The van der Waals surface area contributed by atoms with E-state index in [4.69, 9.17) is 4.74 Å². The molecule has 46 heavy (non-hydrogen) atoms. The van der Waals surface area contributed by atoms with Crippen LogP contribution in [-0.4, -0.2) is 53.2 Å². The number of piperazine rings is 1. The molecule has 0 unspecified atom stereocenters. The number of amides is 1. The van der Waals surface area contributed by atoms with E-state index in [2.05, 4.69) is 63.2 Å². The lowest BCUT2D eigenvalue weighted by Gasteiger charge is -2.38. The maximum atomic E-state index is 13.9. The molecule has 0 atom stereocenters. The number of carbonyl (C=O) groups is 1. The summed E-state index contributed by atoms with van der Waals surface area (Å²) in [5, 5.41) is 3.25. The monoisotopic (exact) mass is 612 g/mol. The summed E-state index contributed by atoms with van der Waals surface area (Å²) in [5.41, 5.74) is 7.60. The lowest BCUT2D eigenvalue weighted by Crippen LogP contribution is -2.48. The molecule has 1 aliphatic rings. The van der Waals surface area contributed by atoms with E-state index in [0.717, 1.165) is 59.8 Å². The molecule has 1 amide bonds. The van der Waals surface area contributed by atoms with Crippen LogP contribution in [0.25, 0.3) is 11.1 Å². The van der Waals surface area contributed by atoms with Gasteiger partial charge in [0.05, 0.1) is 11.4 Å². The predicted molar refractivity (Wildman–Crippen MR) is 187 cm³/mol. The van der Waals surface area contributed by atoms with Gasteiger partial charge in [-0.25, -0.2) is 14.7 Å². The minimum Gasteiger partial charge on any atom is -0.390 e. The number of aryl methyl sites for hydroxylation is 2. The van der Waals surface area contributed by atoms with Gasteiger partial charge in [0.1, 0.15) is 0 Å². The first-order valence-corrected chi connectivity index (χ1v) is 15.8. The lowest BCUT2D eigenvalue weighted by molar-refractivity contribution is 0.208. The number of hydrogen-bond acceptors (Lipinski definition) is 7. The molecule has 8 heteroatoms. The van der Waals surface area contributed by atoms with Gasteiger partial charge in [-0.15, -0.1) is 0 Å². The molecular formula is C38H40N6O2. The van der Waals surface area contributed by atoms with Crippen LogP contribution in [0.15, 0.2) is 109 Å². The largest absolute Gasteiger partial charge is 0.425 e. The zero-order chi connectivity index (χ0) is 32.0. The van der Waals surface area contributed by atoms with Crippen molar-refractivity contribution in [3.63, 3.8) is 0 Å². The third-order valence-electron chi connectivity index (χ3n) is 8.43. The van der Waals surface area contributed by atoms with Crippen molar-refractivity contribution in [3.05, 3.63) is 120 Å². The number of rotatable bonds is 8. The maximum absolute atomic E-state index is 13.9. The zero-order valence-electron chi connectivity index (χ0n) is 26.9. The summed E-state index contributed by atoms with van der Waals surface area (Å²) >= 11 is 0. The smallest absolute Gasteiger partial charge is 0.390 e. The Morgan fingerprint density at radius 2 is 1.43 bits per heavy atom. The van der Waals surface area contributed by atoms with E-state index in [0.29, 0.717) is 17.7 Å². The van der Waals surface area contributed by atoms with E-state index in [1.807, 2.05) is 86.6 Å². The Morgan fingerprint density at radius 1 is 0.783 bits per heavy atom. The van der Waals surface area contributed by atoms with Crippen molar-refractivity contribution in [2.75, 3.05) is 41.3 Å². The molecule has 8 nitrogen and oxygen atoms in total. The second-order valence-corrected chi connectivity index (χ2v) is 11.9. The number of nitrogens with one attached hydrogen (secondary N) is 1. The van der Waals surface area contributed by atoms with E-state index in [-0.39, 0.29) is 5.88 Å². The number of para-hydroxylation sites is 1. The van der Waals surface area contributed by atoms with Crippen LogP contribution in [0.3, 0.4) is 0 Å². The third kappa shape index (κ3) is 7.03. The number of carbonyl (C=O) groups excluding carboxylic acids is 1.